The van der Waals surface area contributed by atoms with Gasteiger partial charge < -0.3 is 15.5 Å². The van der Waals surface area contributed by atoms with Gasteiger partial charge in [-0.3, -0.25) is 4.79 Å². The quantitative estimate of drug-likeness (QED) is 0.452. The Hall–Kier alpha value is -2.46. The van der Waals surface area contributed by atoms with Gasteiger partial charge in [-0.05, 0) is 25.0 Å². The number of aromatic nitrogens is 2. The number of anilines is 1. The van der Waals surface area contributed by atoms with Crippen molar-refractivity contribution in [2.24, 2.45) is 5.73 Å². The summed E-state index contributed by atoms with van der Waals surface area (Å²) >= 11 is 6.04. The Balaban J connectivity index is 1.61. The molecule has 1 atom stereocenters. The maximum absolute atomic E-state index is 14.8. The lowest BCUT2D eigenvalue weighted by Crippen LogP contribution is -2.37. The second-order valence-corrected chi connectivity index (χ2v) is 8.14. The summed E-state index contributed by atoms with van der Waals surface area (Å²) in [5.74, 6) is -0.517. The van der Waals surface area contributed by atoms with Crippen molar-refractivity contribution < 1.29 is 13.6 Å². The number of hydrogen-bond donors (Lipinski definition) is 1. The number of carbonyl (C=O) groups excluding carboxylic acids is 1. The highest BCUT2D eigenvalue weighted by molar-refractivity contribution is 7.79. The first-order valence-electron chi connectivity index (χ1n) is 9.26. The number of pyridine rings is 1. The van der Waals surface area contributed by atoms with Crippen LogP contribution < -0.4 is 10.6 Å². The van der Waals surface area contributed by atoms with E-state index < -0.39 is 12.1 Å². The molecule has 4 rings (SSSR count). The monoisotopic (exact) mass is 435 g/mol. The highest BCUT2D eigenvalue weighted by Gasteiger charge is 2.31. The zero-order valence-corrected chi connectivity index (χ0v) is 17.1. The summed E-state index contributed by atoms with van der Waals surface area (Å²) < 4.78 is 28.4. The van der Waals surface area contributed by atoms with Gasteiger partial charge in [-0.2, -0.15) is 4.39 Å². The van der Waals surface area contributed by atoms with Crippen LogP contribution in [0.3, 0.4) is 0 Å². The van der Waals surface area contributed by atoms with Crippen LogP contribution in [0, 0.1) is 5.95 Å². The van der Waals surface area contributed by atoms with Crippen LogP contribution in [0.25, 0.3) is 10.6 Å². The van der Waals surface area contributed by atoms with Gasteiger partial charge in [0.2, 0.25) is 5.95 Å². The van der Waals surface area contributed by atoms with Crippen molar-refractivity contribution in [2.75, 3.05) is 24.5 Å². The number of nitrogens with two attached hydrogens (primary N) is 1. The van der Waals surface area contributed by atoms with Crippen LogP contribution in [0.4, 0.5) is 14.6 Å². The molecule has 0 unspecified atom stereocenters. The van der Waals surface area contributed by atoms with Crippen molar-refractivity contribution in [3.63, 3.8) is 0 Å². The van der Waals surface area contributed by atoms with E-state index in [-0.39, 0.29) is 18.0 Å². The van der Waals surface area contributed by atoms with Crippen LogP contribution in [-0.2, 0) is 6.42 Å². The minimum absolute atomic E-state index is 0.221. The fourth-order valence-electron chi connectivity index (χ4n) is 3.58. The van der Waals surface area contributed by atoms with Gasteiger partial charge in [0.1, 0.15) is 21.9 Å². The van der Waals surface area contributed by atoms with E-state index in [0.29, 0.717) is 59.4 Å². The minimum atomic E-state index is -0.923. The molecule has 0 spiro atoms. The summed E-state index contributed by atoms with van der Waals surface area (Å²) in [5.41, 5.74) is 6.86. The number of hydrogen-bond acceptors (Lipinski definition) is 7. The highest BCUT2D eigenvalue weighted by Crippen LogP contribution is 2.34. The summed E-state index contributed by atoms with van der Waals surface area (Å²) in [4.78, 5) is 25.0. The summed E-state index contributed by atoms with van der Waals surface area (Å²) in [6.45, 7) is 1.28. The van der Waals surface area contributed by atoms with Crippen LogP contribution in [0.5, 0.6) is 0 Å². The van der Waals surface area contributed by atoms with Gasteiger partial charge in [-0.1, -0.05) is 12.2 Å². The lowest BCUT2D eigenvalue weighted by atomic mass is 10.1. The average molecular weight is 436 g/mol. The first-order chi connectivity index (χ1) is 14.0. The molecule has 2 aliphatic heterocycles. The first kappa shape index (κ1) is 19.8. The Morgan fingerprint density at radius 3 is 2.86 bits per heavy atom. The highest BCUT2D eigenvalue weighted by atomic mass is 32.1. The summed E-state index contributed by atoms with van der Waals surface area (Å²) in [6.07, 6.45) is 2.13. The van der Waals surface area contributed by atoms with E-state index in [0.717, 1.165) is 11.3 Å². The Bertz CT molecular complexity index is 993. The van der Waals surface area contributed by atoms with Crippen molar-refractivity contribution >= 4 is 40.6 Å². The second kappa shape index (κ2) is 8.11. The number of nitrogens with zero attached hydrogens (tertiary/aromatic N) is 4. The zero-order chi connectivity index (χ0) is 20.5. The molecule has 1 amide bonds. The van der Waals surface area contributed by atoms with Crippen molar-refractivity contribution in [1.29, 1.82) is 0 Å². The third kappa shape index (κ3) is 3.74. The summed E-state index contributed by atoms with van der Waals surface area (Å²) in [5, 5.41) is 1.75. The number of amides is 1. The van der Waals surface area contributed by atoms with Crippen LogP contribution in [0.2, 0.25) is 0 Å². The predicted molar refractivity (Wildman–Crippen MR) is 112 cm³/mol. The van der Waals surface area contributed by atoms with Crippen LogP contribution >= 0.6 is 23.6 Å². The fourth-order valence-corrected chi connectivity index (χ4v) is 4.86. The third-order valence-corrected chi connectivity index (χ3v) is 6.42. The Labute approximate surface area is 176 Å². The number of allylic oxidation sites excluding steroid dienone is 1. The smallest absolute Gasteiger partial charge is 0.270 e. The molecule has 0 bridgehead atoms. The SMILES string of the molecule is NC=C(C=S)N1CCc2nc(-c3ccc(N4CCC[C@H](F)C4)nc3F)sc2C1=O. The van der Waals surface area contributed by atoms with Crippen molar-refractivity contribution in [3.8, 4) is 10.6 Å². The molecular formula is C19H19F2N5OS2. The van der Waals surface area contributed by atoms with Gasteiger partial charge >= 0.3 is 0 Å². The van der Waals surface area contributed by atoms with E-state index >= 15 is 0 Å². The maximum atomic E-state index is 14.8. The summed E-state index contributed by atoms with van der Waals surface area (Å²) in [6, 6.07) is 3.26. The van der Waals surface area contributed by atoms with Crippen molar-refractivity contribution in [3.05, 3.63) is 40.5 Å². The molecule has 0 aliphatic carbocycles. The second-order valence-electron chi connectivity index (χ2n) is 6.90. The van der Waals surface area contributed by atoms with Crippen LogP contribution in [-0.4, -0.2) is 51.9 Å². The molecule has 0 aromatic carbocycles. The van der Waals surface area contributed by atoms with E-state index in [9.17, 15) is 13.6 Å². The van der Waals surface area contributed by atoms with E-state index in [1.54, 1.807) is 17.0 Å². The standard InChI is InChI=1S/C19H19F2N5OS2/c20-11-2-1-6-25(9-11)15-4-3-13(17(21)24-15)18-23-14-5-7-26(12(8-22)10-28)19(27)16(14)29-18/h3-4,8,10-11H,1-2,5-7,9,22H2/t11-/m0/s1. The van der Waals surface area contributed by atoms with Crippen molar-refractivity contribution in [2.45, 2.75) is 25.4 Å². The molecule has 2 aromatic heterocycles. The molecule has 152 valence electrons. The average Bonchev–Trinajstić information content (AvgIpc) is 3.15. The summed E-state index contributed by atoms with van der Waals surface area (Å²) in [7, 11) is 0. The van der Waals surface area contributed by atoms with E-state index in [1.165, 1.54) is 16.5 Å². The topological polar surface area (TPSA) is 75.3 Å². The predicted octanol–water partition coefficient (Wildman–Crippen LogP) is 3.08. The lowest BCUT2D eigenvalue weighted by Gasteiger charge is -2.29. The number of thiocarbonyl (C=S) groups is 1. The molecule has 29 heavy (non-hydrogen) atoms. The molecule has 1 fully saturated rings. The van der Waals surface area contributed by atoms with E-state index in [2.05, 4.69) is 9.97 Å². The van der Waals surface area contributed by atoms with Gasteiger partial charge in [-0.25, -0.2) is 14.4 Å². The zero-order valence-electron chi connectivity index (χ0n) is 15.5. The molecule has 2 aliphatic rings. The fraction of sp³-hybridized carbons (Fsp3) is 0.368. The van der Waals surface area contributed by atoms with Crippen LogP contribution in [0.1, 0.15) is 28.2 Å². The third-order valence-electron chi connectivity index (χ3n) is 5.06. The van der Waals surface area contributed by atoms with Gasteiger partial charge in [0.15, 0.2) is 0 Å². The number of rotatable bonds is 4. The Morgan fingerprint density at radius 2 is 2.17 bits per heavy atom. The van der Waals surface area contributed by atoms with E-state index in [4.69, 9.17) is 18.0 Å². The van der Waals surface area contributed by atoms with Gasteiger partial charge in [0.25, 0.3) is 5.91 Å². The molecular weight excluding hydrogens is 416 g/mol. The van der Waals surface area contributed by atoms with Crippen molar-refractivity contribution in [1.82, 2.24) is 14.9 Å². The van der Waals surface area contributed by atoms with Crippen LogP contribution in [0.15, 0.2) is 24.0 Å². The minimum Gasteiger partial charge on any atom is -0.403 e. The number of piperidine rings is 1. The normalized spacial score (nSPS) is 20.0. The largest absolute Gasteiger partial charge is 0.403 e. The molecule has 2 aromatic rings. The number of alkyl halides is 1. The van der Waals surface area contributed by atoms with Gasteiger partial charge in [0.05, 0.1) is 23.5 Å². The number of carbonyl (C=O) groups is 1. The molecule has 4 heterocycles. The van der Waals surface area contributed by atoms with Gasteiger partial charge in [0, 0.05) is 31.1 Å². The molecule has 2 N–H and O–H groups in total. The van der Waals surface area contributed by atoms with Gasteiger partial charge in [-0.15, -0.1) is 11.3 Å². The number of thiazole rings is 1. The molecule has 0 radical (unpaired) electrons. The number of halogens is 2. The lowest BCUT2D eigenvalue weighted by molar-refractivity contribution is 0.0805. The molecule has 0 saturated carbocycles. The Kier molecular flexibility index (Phi) is 5.55. The molecule has 6 nitrogen and oxygen atoms in total. The number of fused-ring (bicyclic) bond motifs is 1. The van der Waals surface area contributed by atoms with E-state index in [1.807, 2.05) is 0 Å². The molecule has 10 heteroatoms. The Morgan fingerprint density at radius 1 is 1.34 bits per heavy atom. The molecule has 1 saturated heterocycles. The first-order valence-corrected chi connectivity index (χ1v) is 10.5. The maximum Gasteiger partial charge on any atom is 0.270 e.